The number of amides is 1. The van der Waals surface area contributed by atoms with E-state index in [0.717, 1.165) is 18.9 Å². The van der Waals surface area contributed by atoms with Crippen molar-refractivity contribution in [2.45, 2.75) is 19.3 Å². The quantitative estimate of drug-likeness (QED) is 0.682. The number of nitrogens with one attached hydrogen (secondary N) is 2. The molecule has 1 unspecified atom stereocenters. The Morgan fingerprint density at radius 3 is 2.90 bits per heavy atom. The van der Waals surface area contributed by atoms with Crippen LogP contribution in [0.25, 0.3) is 11.4 Å². The van der Waals surface area contributed by atoms with Gasteiger partial charge in [-0.15, -0.1) is 0 Å². The lowest BCUT2D eigenvalue weighted by Gasteiger charge is -2.32. The Kier molecular flexibility index (Phi) is 5.07. The number of hydrogen-bond acceptors (Lipinski definition) is 6. The van der Waals surface area contributed by atoms with E-state index in [1.54, 1.807) is 23.1 Å². The van der Waals surface area contributed by atoms with Gasteiger partial charge in [0.15, 0.2) is 0 Å². The topological polar surface area (TPSA) is 125 Å². The van der Waals surface area contributed by atoms with Crippen LogP contribution >= 0.6 is 0 Å². The number of benzene rings is 1. The summed E-state index contributed by atoms with van der Waals surface area (Å²) in [6.45, 7) is 0.944. The monoisotopic (exact) mass is 399 g/mol. The first-order valence-corrected chi connectivity index (χ1v) is 9.20. The normalized spacial score (nSPS) is 16.7. The summed E-state index contributed by atoms with van der Waals surface area (Å²) in [4.78, 5) is 45.8. The number of aromatic amines is 2. The molecule has 1 atom stereocenters. The fourth-order valence-corrected chi connectivity index (χ4v) is 3.51. The molecule has 1 aromatic carbocycles. The van der Waals surface area contributed by atoms with Gasteiger partial charge >= 0.3 is 5.69 Å². The van der Waals surface area contributed by atoms with E-state index >= 15 is 0 Å². The van der Waals surface area contributed by atoms with Crippen molar-refractivity contribution in [1.82, 2.24) is 25.0 Å². The molecule has 1 amide bonds. The maximum atomic E-state index is 13.9. The largest absolute Gasteiger partial charge is 0.339 e. The zero-order valence-electron chi connectivity index (χ0n) is 15.4. The van der Waals surface area contributed by atoms with Crippen molar-refractivity contribution in [2.24, 2.45) is 5.92 Å². The van der Waals surface area contributed by atoms with Crippen LogP contribution in [0.2, 0.25) is 0 Å². The van der Waals surface area contributed by atoms with Gasteiger partial charge in [0.1, 0.15) is 11.5 Å². The van der Waals surface area contributed by atoms with Gasteiger partial charge < -0.3 is 14.4 Å². The van der Waals surface area contributed by atoms with Crippen molar-refractivity contribution >= 4 is 5.91 Å². The van der Waals surface area contributed by atoms with Crippen LogP contribution in [-0.4, -0.2) is 44.0 Å². The maximum Gasteiger partial charge on any atom is 0.326 e. The molecule has 4 rings (SSSR count). The average Bonchev–Trinajstić information content (AvgIpc) is 3.15. The average molecular weight is 399 g/mol. The summed E-state index contributed by atoms with van der Waals surface area (Å²) in [5, 5.41) is 3.85. The molecular weight excluding hydrogens is 381 g/mol. The second kappa shape index (κ2) is 7.82. The standard InChI is InChI=1S/C19H18FN5O4/c20-13-6-2-1-5-12(13)17-23-16(29-24-17)8-11-4-3-7-25(10-11)18(27)14-9-15(26)22-19(28)21-14/h1-2,5-6,9,11H,3-4,7-8,10H2,(H2,21,22,26,28). The lowest BCUT2D eigenvalue weighted by atomic mass is 9.94. The highest BCUT2D eigenvalue weighted by Gasteiger charge is 2.27. The summed E-state index contributed by atoms with van der Waals surface area (Å²) < 4.78 is 19.2. The summed E-state index contributed by atoms with van der Waals surface area (Å²) in [7, 11) is 0. The number of piperidine rings is 1. The van der Waals surface area contributed by atoms with E-state index in [4.69, 9.17) is 4.52 Å². The molecule has 0 aliphatic carbocycles. The van der Waals surface area contributed by atoms with Crippen LogP contribution in [0.3, 0.4) is 0 Å². The zero-order chi connectivity index (χ0) is 20.4. The molecule has 3 aromatic rings. The van der Waals surface area contributed by atoms with Crippen LogP contribution in [0.4, 0.5) is 4.39 Å². The van der Waals surface area contributed by atoms with Crippen molar-refractivity contribution in [3.63, 3.8) is 0 Å². The number of nitrogens with zero attached hydrogens (tertiary/aromatic N) is 3. The predicted molar refractivity (Wildman–Crippen MR) is 99.7 cm³/mol. The molecule has 3 heterocycles. The van der Waals surface area contributed by atoms with Gasteiger partial charge in [0, 0.05) is 25.6 Å². The molecule has 2 aromatic heterocycles. The highest BCUT2D eigenvalue weighted by atomic mass is 19.1. The fraction of sp³-hybridized carbons (Fsp3) is 0.316. The molecule has 1 aliphatic rings. The highest BCUT2D eigenvalue weighted by Crippen LogP contribution is 2.24. The van der Waals surface area contributed by atoms with Gasteiger partial charge in [-0.25, -0.2) is 9.18 Å². The van der Waals surface area contributed by atoms with E-state index in [0.29, 0.717) is 25.4 Å². The van der Waals surface area contributed by atoms with Gasteiger partial charge in [0.2, 0.25) is 11.7 Å². The Morgan fingerprint density at radius 1 is 1.28 bits per heavy atom. The summed E-state index contributed by atoms with van der Waals surface area (Å²) in [5.74, 6) is -0.220. The third-order valence-corrected chi connectivity index (χ3v) is 4.84. The van der Waals surface area contributed by atoms with E-state index in [2.05, 4.69) is 15.1 Å². The van der Waals surface area contributed by atoms with Crippen molar-refractivity contribution in [3.05, 3.63) is 68.6 Å². The summed E-state index contributed by atoms with van der Waals surface area (Å²) in [6, 6.07) is 7.26. The number of likely N-dealkylation sites (tertiary alicyclic amines) is 1. The number of halogens is 1. The van der Waals surface area contributed by atoms with Crippen LogP contribution in [-0.2, 0) is 6.42 Å². The van der Waals surface area contributed by atoms with Gasteiger partial charge in [-0.1, -0.05) is 17.3 Å². The van der Waals surface area contributed by atoms with E-state index in [1.807, 2.05) is 4.98 Å². The highest BCUT2D eigenvalue weighted by molar-refractivity contribution is 5.92. The van der Waals surface area contributed by atoms with Crippen LogP contribution in [0.15, 0.2) is 44.4 Å². The number of rotatable bonds is 4. The minimum absolute atomic E-state index is 0.0426. The molecule has 0 saturated carbocycles. The number of carbonyl (C=O) groups excluding carboxylic acids is 1. The molecule has 0 radical (unpaired) electrons. The first-order chi connectivity index (χ1) is 14.0. The summed E-state index contributed by atoms with van der Waals surface area (Å²) in [5.41, 5.74) is -1.13. The second-order valence-corrected chi connectivity index (χ2v) is 6.96. The van der Waals surface area contributed by atoms with E-state index in [-0.39, 0.29) is 23.0 Å². The van der Waals surface area contributed by atoms with Crippen molar-refractivity contribution in [3.8, 4) is 11.4 Å². The number of carbonyl (C=O) groups is 1. The fourth-order valence-electron chi connectivity index (χ4n) is 3.51. The maximum absolute atomic E-state index is 13.9. The Bertz CT molecular complexity index is 1120. The Balaban J connectivity index is 1.45. The van der Waals surface area contributed by atoms with Crippen molar-refractivity contribution < 1.29 is 13.7 Å². The third kappa shape index (κ3) is 4.15. The van der Waals surface area contributed by atoms with Gasteiger partial charge in [0.25, 0.3) is 11.5 Å². The van der Waals surface area contributed by atoms with Gasteiger partial charge in [-0.2, -0.15) is 4.98 Å². The van der Waals surface area contributed by atoms with Crippen molar-refractivity contribution in [2.75, 3.05) is 13.1 Å². The molecule has 29 heavy (non-hydrogen) atoms. The van der Waals surface area contributed by atoms with Gasteiger partial charge in [-0.3, -0.25) is 14.6 Å². The van der Waals surface area contributed by atoms with E-state index in [9.17, 15) is 18.8 Å². The molecule has 150 valence electrons. The van der Waals surface area contributed by atoms with E-state index < -0.39 is 23.0 Å². The number of aromatic nitrogens is 4. The van der Waals surface area contributed by atoms with Crippen LogP contribution in [0.5, 0.6) is 0 Å². The minimum Gasteiger partial charge on any atom is -0.339 e. The lowest BCUT2D eigenvalue weighted by molar-refractivity contribution is 0.0661. The second-order valence-electron chi connectivity index (χ2n) is 6.96. The van der Waals surface area contributed by atoms with Crippen molar-refractivity contribution in [1.29, 1.82) is 0 Å². The predicted octanol–water partition coefficient (Wildman–Crippen LogP) is 1.35. The van der Waals surface area contributed by atoms with E-state index in [1.165, 1.54) is 6.07 Å². The van der Waals surface area contributed by atoms with Gasteiger partial charge in [-0.05, 0) is 30.9 Å². The molecule has 1 fully saturated rings. The molecule has 9 nitrogen and oxygen atoms in total. The summed E-state index contributed by atoms with van der Waals surface area (Å²) >= 11 is 0. The summed E-state index contributed by atoms with van der Waals surface area (Å²) in [6.07, 6.45) is 2.06. The van der Waals surface area contributed by atoms with Gasteiger partial charge in [0.05, 0.1) is 5.56 Å². The lowest BCUT2D eigenvalue weighted by Crippen LogP contribution is -2.42. The zero-order valence-corrected chi connectivity index (χ0v) is 15.4. The molecule has 0 spiro atoms. The Hall–Kier alpha value is -3.56. The SMILES string of the molecule is O=C(c1cc(=O)[nH]c(=O)[nH]1)N1CCCC(Cc2nc(-c3ccccc3F)no2)C1. The van der Waals surface area contributed by atoms with Crippen LogP contribution in [0, 0.1) is 11.7 Å². The molecule has 10 heteroatoms. The first kappa shape index (κ1) is 18.8. The van der Waals surface area contributed by atoms with Crippen LogP contribution in [0.1, 0.15) is 29.2 Å². The number of hydrogen-bond donors (Lipinski definition) is 2. The third-order valence-electron chi connectivity index (χ3n) is 4.84. The molecular formula is C19H18FN5O4. The Morgan fingerprint density at radius 2 is 2.10 bits per heavy atom. The first-order valence-electron chi connectivity index (χ1n) is 9.20. The Labute approximate surface area is 163 Å². The molecule has 1 saturated heterocycles. The molecule has 2 N–H and O–H groups in total. The number of H-pyrrole nitrogens is 2. The molecule has 1 aliphatic heterocycles. The smallest absolute Gasteiger partial charge is 0.326 e. The minimum atomic E-state index is -0.721. The van der Waals surface area contributed by atoms with Crippen LogP contribution < -0.4 is 11.2 Å². The molecule has 0 bridgehead atoms.